The third-order valence-electron chi connectivity index (χ3n) is 3.41. The molecule has 0 aliphatic carbocycles. The molecule has 0 spiro atoms. The average Bonchev–Trinajstić information content (AvgIpc) is 2.63. The van der Waals surface area contributed by atoms with Crippen LogP contribution in [0.2, 0.25) is 5.02 Å². The Labute approximate surface area is 144 Å². The number of carbonyl (C=O) groups is 1. The van der Waals surface area contributed by atoms with Gasteiger partial charge < -0.3 is 10.1 Å². The van der Waals surface area contributed by atoms with Crippen LogP contribution in [0.5, 0.6) is 5.88 Å². The molecule has 1 N–H and O–H groups in total. The van der Waals surface area contributed by atoms with Gasteiger partial charge in [-0.1, -0.05) is 35.9 Å². The van der Waals surface area contributed by atoms with Crippen LogP contribution in [0.4, 0.5) is 5.69 Å². The van der Waals surface area contributed by atoms with E-state index in [0.717, 1.165) is 11.3 Å². The maximum Gasteiger partial charge on any atom is 0.257 e. The van der Waals surface area contributed by atoms with Crippen LogP contribution >= 0.6 is 11.6 Å². The van der Waals surface area contributed by atoms with Crippen molar-refractivity contribution >= 4 is 23.2 Å². The predicted octanol–water partition coefficient (Wildman–Crippen LogP) is 4.06. The van der Waals surface area contributed by atoms with E-state index < -0.39 is 0 Å². The number of nitrogens with one attached hydrogen (secondary N) is 1. The Balaban J connectivity index is 1.74. The van der Waals surface area contributed by atoms with Crippen molar-refractivity contribution in [3.8, 4) is 17.1 Å². The molecule has 24 heavy (non-hydrogen) atoms. The normalized spacial score (nSPS) is 10.2. The number of benzene rings is 2. The quantitative estimate of drug-likeness (QED) is 0.778. The Bertz CT molecular complexity index is 849. The van der Waals surface area contributed by atoms with Crippen LogP contribution in [0.1, 0.15) is 10.4 Å². The molecular formula is C18H14ClN3O2. The van der Waals surface area contributed by atoms with Crippen molar-refractivity contribution in [3.05, 3.63) is 71.2 Å². The van der Waals surface area contributed by atoms with Crippen LogP contribution in [0.3, 0.4) is 0 Å². The molecule has 1 amide bonds. The molecule has 3 aromatic rings. The predicted molar refractivity (Wildman–Crippen MR) is 93.4 cm³/mol. The zero-order valence-electron chi connectivity index (χ0n) is 12.9. The van der Waals surface area contributed by atoms with Gasteiger partial charge in [0.15, 0.2) is 0 Å². The molecule has 0 saturated heterocycles. The molecule has 0 saturated carbocycles. The zero-order valence-corrected chi connectivity index (χ0v) is 13.6. The summed E-state index contributed by atoms with van der Waals surface area (Å²) >= 11 is 6.03. The second-order valence-corrected chi connectivity index (χ2v) is 5.38. The smallest absolute Gasteiger partial charge is 0.257 e. The van der Waals surface area contributed by atoms with Crippen molar-refractivity contribution in [3.63, 3.8) is 0 Å². The summed E-state index contributed by atoms with van der Waals surface area (Å²) in [5, 5.41) is 11.3. The second kappa shape index (κ2) is 7.10. The Hall–Kier alpha value is -2.92. The molecule has 1 aromatic heterocycles. The number of aromatic nitrogens is 2. The first-order valence-electron chi connectivity index (χ1n) is 7.21. The Kier molecular flexibility index (Phi) is 4.72. The van der Waals surface area contributed by atoms with Crippen molar-refractivity contribution in [2.75, 3.05) is 12.4 Å². The monoisotopic (exact) mass is 339 g/mol. The van der Waals surface area contributed by atoms with Gasteiger partial charge in [0.05, 0.1) is 23.4 Å². The highest BCUT2D eigenvalue weighted by Gasteiger charge is 2.10. The molecule has 0 atom stereocenters. The molecule has 3 rings (SSSR count). The molecule has 5 nitrogen and oxygen atoms in total. The van der Waals surface area contributed by atoms with Crippen LogP contribution in [0.15, 0.2) is 60.7 Å². The summed E-state index contributed by atoms with van der Waals surface area (Å²) in [6.45, 7) is 0. The fourth-order valence-corrected chi connectivity index (χ4v) is 2.37. The topological polar surface area (TPSA) is 64.1 Å². The number of amides is 1. The summed E-state index contributed by atoms with van der Waals surface area (Å²) in [4.78, 5) is 12.2. The van der Waals surface area contributed by atoms with Crippen LogP contribution in [-0.4, -0.2) is 23.2 Å². The van der Waals surface area contributed by atoms with Crippen LogP contribution in [0.25, 0.3) is 11.3 Å². The minimum atomic E-state index is -0.252. The minimum absolute atomic E-state index is 0.252. The number of hydrogen-bond acceptors (Lipinski definition) is 4. The van der Waals surface area contributed by atoms with Gasteiger partial charge in [-0.3, -0.25) is 4.79 Å². The van der Waals surface area contributed by atoms with Crippen molar-refractivity contribution in [1.82, 2.24) is 10.2 Å². The van der Waals surface area contributed by atoms with Crippen molar-refractivity contribution in [1.29, 1.82) is 0 Å². The molecule has 1 heterocycles. The lowest BCUT2D eigenvalue weighted by Gasteiger charge is -2.07. The second-order valence-electron chi connectivity index (χ2n) is 4.97. The lowest BCUT2D eigenvalue weighted by molar-refractivity contribution is 0.102. The summed E-state index contributed by atoms with van der Waals surface area (Å²) in [6, 6.07) is 17.8. The number of rotatable bonds is 4. The molecule has 0 unspecified atom stereocenters. The van der Waals surface area contributed by atoms with E-state index in [1.54, 1.807) is 49.6 Å². The van der Waals surface area contributed by atoms with Gasteiger partial charge in [-0.2, -0.15) is 0 Å². The number of anilines is 1. The third kappa shape index (κ3) is 3.52. The number of ether oxygens (including phenoxy) is 1. The standard InChI is InChI=1S/C18H14ClN3O2/c1-24-17-11-10-16(21-22-17)12-6-8-13(9-7-12)20-18(23)14-4-2-3-5-15(14)19/h2-11H,1H3,(H,20,23). The van der Waals surface area contributed by atoms with E-state index in [1.807, 2.05) is 18.2 Å². The van der Waals surface area contributed by atoms with Gasteiger partial charge in [0.1, 0.15) is 0 Å². The van der Waals surface area contributed by atoms with Crippen molar-refractivity contribution < 1.29 is 9.53 Å². The SMILES string of the molecule is COc1ccc(-c2ccc(NC(=O)c3ccccc3Cl)cc2)nn1. The van der Waals surface area contributed by atoms with Gasteiger partial charge >= 0.3 is 0 Å². The first-order chi connectivity index (χ1) is 11.7. The largest absolute Gasteiger partial charge is 0.480 e. The van der Waals surface area contributed by atoms with Gasteiger partial charge in [0.2, 0.25) is 5.88 Å². The van der Waals surface area contributed by atoms with Gasteiger partial charge in [-0.15, -0.1) is 10.2 Å². The van der Waals surface area contributed by atoms with Gasteiger partial charge in [0.25, 0.3) is 5.91 Å². The fourth-order valence-electron chi connectivity index (χ4n) is 2.15. The maximum absolute atomic E-state index is 12.2. The summed E-state index contributed by atoms with van der Waals surface area (Å²) < 4.78 is 4.99. The molecule has 2 aromatic carbocycles. The Morgan fingerprint density at radius 2 is 1.75 bits per heavy atom. The molecule has 0 fully saturated rings. The summed E-state index contributed by atoms with van der Waals surface area (Å²) in [7, 11) is 1.54. The first kappa shape index (κ1) is 16.0. The number of carbonyl (C=O) groups excluding carboxylic acids is 1. The molecular weight excluding hydrogens is 326 g/mol. The van der Waals surface area contributed by atoms with E-state index in [9.17, 15) is 4.79 Å². The lowest BCUT2D eigenvalue weighted by atomic mass is 10.1. The highest BCUT2D eigenvalue weighted by molar-refractivity contribution is 6.34. The highest BCUT2D eigenvalue weighted by Crippen LogP contribution is 2.21. The van der Waals surface area contributed by atoms with Crippen LogP contribution < -0.4 is 10.1 Å². The van der Waals surface area contributed by atoms with E-state index >= 15 is 0 Å². The van der Waals surface area contributed by atoms with Crippen LogP contribution in [0, 0.1) is 0 Å². The van der Waals surface area contributed by atoms with Gasteiger partial charge in [-0.25, -0.2) is 0 Å². The van der Waals surface area contributed by atoms with Gasteiger partial charge in [-0.05, 0) is 30.3 Å². The number of hydrogen-bond donors (Lipinski definition) is 1. The molecule has 120 valence electrons. The Morgan fingerprint density at radius 1 is 1.00 bits per heavy atom. The molecule has 6 heteroatoms. The van der Waals surface area contributed by atoms with E-state index in [4.69, 9.17) is 16.3 Å². The molecule has 0 aliphatic rings. The van der Waals surface area contributed by atoms with E-state index in [-0.39, 0.29) is 5.91 Å². The molecule has 0 bridgehead atoms. The number of methoxy groups -OCH3 is 1. The zero-order chi connectivity index (χ0) is 16.9. The summed E-state index contributed by atoms with van der Waals surface area (Å²) in [6.07, 6.45) is 0. The minimum Gasteiger partial charge on any atom is -0.480 e. The van der Waals surface area contributed by atoms with E-state index in [2.05, 4.69) is 15.5 Å². The van der Waals surface area contributed by atoms with E-state index in [1.165, 1.54) is 0 Å². The lowest BCUT2D eigenvalue weighted by Crippen LogP contribution is -2.12. The Morgan fingerprint density at radius 3 is 2.38 bits per heavy atom. The third-order valence-corrected chi connectivity index (χ3v) is 3.74. The number of nitrogens with zero attached hydrogens (tertiary/aromatic N) is 2. The average molecular weight is 340 g/mol. The van der Waals surface area contributed by atoms with Crippen LogP contribution in [-0.2, 0) is 0 Å². The maximum atomic E-state index is 12.2. The first-order valence-corrected chi connectivity index (χ1v) is 7.59. The van der Waals surface area contributed by atoms with Crippen molar-refractivity contribution in [2.45, 2.75) is 0 Å². The summed E-state index contributed by atoms with van der Waals surface area (Å²) in [5.74, 6) is 0.208. The van der Waals surface area contributed by atoms with Crippen molar-refractivity contribution in [2.24, 2.45) is 0 Å². The molecule has 0 radical (unpaired) electrons. The fraction of sp³-hybridized carbons (Fsp3) is 0.0556. The molecule has 0 aliphatic heterocycles. The number of halogens is 1. The highest BCUT2D eigenvalue weighted by atomic mass is 35.5. The van der Waals surface area contributed by atoms with E-state index in [0.29, 0.717) is 22.2 Å². The van der Waals surface area contributed by atoms with Gasteiger partial charge in [0, 0.05) is 17.3 Å². The summed E-state index contributed by atoms with van der Waals surface area (Å²) in [5.41, 5.74) is 2.72.